The van der Waals surface area contributed by atoms with Gasteiger partial charge in [-0.05, 0) is 29.3 Å². The first-order valence-corrected chi connectivity index (χ1v) is 7.02. The van der Waals surface area contributed by atoms with Gasteiger partial charge in [-0.25, -0.2) is 4.98 Å². The van der Waals surface area contributed by atoms with Crippen molar-refractivity contribution < 1.29 is 0 Å². The van der Waals surface area contributed by atoms with Crippen LogP contribution >= 0.6 is 0 Å². The van der Waals surface area contributed by atoms with Gasteiger partial charge in [-0.2, -0.15) is 0 Å². The predicted octanol–water partition coefficient (Wildman–Crippen LogP) is 3.03. The van der Waals surface area contributed by atoms with Crippen molar-refractivity contribution in [1.29, 1.82) is 0 Å². The standard InChI is InChI=1S/C17H16N4/c18-14-7-5-12(6-8-14)16-17-19-9-10-21(17)11-13-3-1-2-4-15(13)20-16/h1-10,16,20H,11,18H2. The SMILES string of the molecule is Nc1ccc(C2Nc3ccccc3Cn3ccnc32)cc1. The summed E-state index contributed by atoms with van der Waals surface area (Å²) in [6.07, 6.45) is 3.89. The normalized spacial score (nSPS) is 16.5. The Kier molecular flexibility index (Phi) is 2.67. The van der Waals surface area contributed by atoms with Crippen molar-refractivity contribution in [3.63, 3.8) is 0 Å². The molecule has 0 aliphatic carbocycles. The van der Waals surface area contributed by atoms with E-state index in [2.05, 4.69) is 51.3 Å². The molecule has 1 atom stereocenters. The maximum Gasteiger partial charge on any atom is 0.136 e. The van der Waals surface area contributed by atoms with Crippen LogP contribution < -0.4 is 11.1 Å². The Bertz CT molecular complexity index is 773. The van der Waals surface area contributed by atoms with Crippen LogP contribution in [-0.2, 0) is 6.54 Å². The third-order valence-corrected chi connectivity index (χ3v) is 3.93. The van der Waals surface area contributed by atoms with Gasteiger partial charge in [-0.1, -0.05) is 30.3 Å². The van der Waals surface area contributed by atoms with Crippen LogP contribution in [0.3, 0.4) is 0 Å². The van der Waals surface area contributed by atoms with E-state index in [-0.39, 0.29) is 6.04 Å². The van der Waals surface area contributed by atoms with Gasteiger partial charge in [-0.15, -0.1) is 0 Å². The molecular formula is C17H16N4. The number of imidazole rings is 1. The molecule has 0 saturated heterocycles. The van der Waals surface area contributed by atoms with Gasteiger partial charge in [0, 0.05) is 23.8 Å². The zero-order chi connectivity index (χ0) is 14.2. The van der Waals surface area contributed by atoms with E-state index in [0.29, 0.717) is 0 Å². The van der Waals surface area contributed by atoms with Crippen LogP contribution in [0.1, 0.15) is 23.0 Å². The molecule has 1 aliphatic rings. The summed E-state index contributed by atoms with van der Waals surface area (Å²) in [6.45, 7) is 0.837. The molecular weight excluding hydrogens is 260 g/mol. The van der Waals surface area contributed by atoms with E-state index in [9.17, 15) is 0 Å². The molecule has 1 aromatic heterocycles. The molecule has 4 heteroatoms. The first kappa shape index (κ1) is 12.0. The van der Waals surface area contributed by atoms with Crippen LogP contribution in [0.2, 0.25) is 0 Å². The number of nitrogens with one attached hydrogen (secondary N) is 1. The van der Waals surface area contributed by atoms with Crippen molar-refractivity contribution in [3.8, 4) is 0 Å². The van der Waals surface area contributed by atoms with Crippen LogP contribution in [0.4, 0.5) is 11.4 Å². The molecule has 0 amide bonds. The largest absolute Gasteiger partial charge is 0.399 e. The molecule has 0 radical (unpaired) electrons. The molecule has 2 heterocycles. The van der Waals surface area contributed by atoms with Gasteiger partial charge in [0.25, 0.3) is 0 Å². The van der Waals surface area contributed by atoms with Gasteiger partial charge in [0.1, 0.15) is 11.9 Å². The molecule has 2 aromatic carbocycles. The fourth-order valence-electron chi connectivity index (χ4n) is 2.84. The van der Waals surface area contributed by atoms with E-state index in [1.807, 2.05) is 24.5 Å². The van der Waals surface area contributed by atoms with Crippen molar-refractivity contribution in [2.75, 3.05) is 11.1 Å². The van der Waals surface area contributed by atoms with E-state index in [1.165, 1.54) is 5.56 Å². The average Bonchev–Trinajstić information content (AvgIpc) is 2.89. The lowest BCUT2D eigenvalue weighted by Gasteiger charge is -2.18. The fraction of sp³-hybridized carbons (Fsp3) is 0.118. The summed E-state index contributed by atoms with van der Waals surface area (Å²) in [5.41, 5.74) is 10.2. The van der Waals surface area contributed by atoms with Crippen LogP contribution in [-0.4, -0.2) is 9.55 Å². The molecule has 0 fully saturated rings. The Hall–Kier alpha value is -2.75. The Balaban J connectivity index is 1.85. The number of nitrogen functional groups attached to an aromatic ring is 1. The summed E-state index contributed by atoms with van der Waals surface area (Å²) in [4.78, 5) is 4.55. The Morgan fingerprint density at radius 1 is 1.10 bits per heavy atom. The molecule has 0 saturated carbocycles. The number of aromatic nitrogens is 2. The Morgan fingerprint density at radius 2 is 1.90 bits per heavy atom. The predicted molar refractivity (Wildman–Crippen MR) is 84.1 cm³/mol. The third kappa shape index (κ3) is 2.05. The number of benzene rings is 2. The third-order valence-electron chi connectivity index (χ3n) is 3.93. The minimum atomic E-state index is 0.0317. The van der Waals surface area contributed by atoms with E-state index in [0.717, 1.165) is 29.3 Å². The van der Waals surface area contributed by atoms with Gasteiger partial charge in [0.15, 0.2) is 0 Å². The van der Waals surface area contributed by atoms with Crippen LogP contribution in [0.5, 0.6) is 0 Å². The summed E-state index contributed by atoms with van der Waals surface area (Å²) >= 11 is 0. The Morgan fingerprint density at radius 3 is 2.76 bits per heavy atom. The zero-order valence-electron chi connectivity index (χ0n) is 11.5. The number of fused-ring (bicyclic) bond motifs is 2. The molecule has 1 unspecified atom stereocenters. The highest BCUT2D eigenvalue weighted by molar-refractivity contribution is 5.56. The van der Waals surface area contributed by atoms with Crippen molar-refractivity contribution in [1.82, 2.24) is 9.55 Å². The lowest BCUT2D eigenvalue weighted by atomic mass is 10.1. The maximum atomic E-state index is 5.80. The highest BCUT2D eigenvalue weighted by Crippen LogP contribution is 2.31. The first-order chi connectivity index (χ1) is 10.3. The van der Waals surface area contributed by atoms with E-state index >= 15 is 0 Å². The molecule has 4 nitrogen and oxygen atoms in total. The number of nitrogens with two attached hydrogens (primary N) is 1. The highest BCUT2D eigenvalue weighted by atomic mass is 15.1. The number of hydrogen-bond acceptors (Lipinski definition) is 3. The number of hydrogen-bond donors (Lipinski definition) is 2. The van der Waals surface area contributed by atoms with Gasteiger partial charge >= 0.3 is 0 Å². The topological polar surface area (TPSA) is 55.9 Å². The van der Waals surface area contributed by atoms with Crippen molar-refractivity contribution in [2.24, 2.45) is 0 Å². The fourth-order valence-corrected chi connectivity index (χ4v) is 2.84. The smallest absolute Gasteiger partial charge is 0.136 e. The lowest BCUT2D eigenvalue weighted by molar-refractivity contribution is 0.717. The average molecular weight is 276 g/mol. The number of nitrogens with zero attached hydrogens (tertiary/aromatic N) is 2. The van der Waals surface area contributed by atoms with Crippen molar-refractivity contribution in [2.45, 2.75) is 12.6 Å². The summed E-state index contributed by atoms with van der Waals surface area (Å²) in [7, 11) is 0. The second-order valence-corrected chi connectivity index (χ2v) is 5.31. The van der Waals surface area contributed by atoms with Gasteiger partial charge in [-0.3, -0.25) is 0 Å². The molecule has 4 rings (SSSR count). The number of anilines is 2. The maximum absolute atomic E-state index is 5.80. The molecule has 104 valence electrons. The minimum absolute atomic E-state index is 0.0317. The van der Waals surface area contributed by atoms with Gasteiger partial charge in [0.2, 0.25) is 0 Å². The molecule has 3 N–H and O–H groups in total. The number of para-hydroxylation sites is 1. The summed E-state index contributed by atoms with van der Waals surface area (Å²) in [6, 6.07) is 16.4. The minimum Gasteiger partial charge on any atom is -0.399 e. The quantitative estimate of drug-likeness (QED) is 0.672. The molecule has 1 aliphatic heterocycles. The summed E-state index contributed by atoms with van der Waals surface area (Å²) in [5, 5.41) is 3.61. The van der Waals surface area contributed by atoms with Crippen LogP contribution in [0.25, 0.3) is 0 Å². The highest BCUT2D eigenvalue weighted by Gasteiger charge is 2.23. The van der Waals surface area contributed by atoms with Gasteiger partial charge < -0.3 is 15.6 Å². The second-order valence-electron chi connectivity index (χ2n) is 5.31. The lowest BCUT2D eigenvalue weighted by Crippen LogP contribution is -2.15. The van der Waals surface area contributed by atoms with Crippen molar-refractivity contribution >= 4 is 11.4 Å². The first-order valence-electron chi connectivity index (χ1n) is 7.02. The molecule has 3 aromatic rings. The summed E-state index contributed by atoms with van der Waals surface area (Å²) in [5.74, 6) is 1.02. The van der Waals surface area contributed by atoms with E-state index < -0.39 is 0 Å². The van der Waals surface area contributed by atoms with E-state index in [4.69, 9.17) is 5.73 Å². The number of rotatable bonds is 1. The summed E-state index contributed by atoms with van der Waals surface area (Å²) < 4.78 is 2.19. The zero-order valence-corrected chi connectivity index (χ0v) is 11.5. The second kappa shape index (κ2) is 4.66. The molecule has 0 spiro atoms. The van der Waals surface area contributed by atoms with Crippen LogP contribution in [0.15, 0.2) is 60.9 Å². The Labute approximate surface area is 123 Å². The molecule has 21 heavy (non-hydrogen) atoms. The van der Waals surface area contributed by atoms with Gasteiger partial charge in [0.05, 0.1) is 6.54 Å². The monoisotopic (exact) mass is 276 g/mol. The van der Waals surface area contributed by atoms with Crippen molar-refractivity contribution in [3.05, 3.63) is 77.9 Å². The molecule has 0 bridgehead atoms. The van der Waals surface area contributed by atoms with E-state index in [1.54, 1.807) is 0 Å². The van der Waals surface area contributed by atoms with Crippen LogP contribution in [0, 0.1) is 0 Å².